The molecule has 2 saturated heterocycles. The number of benzene rings is 1. The summed E-state index contributed by atoms with van der Waals surface area (Å²) in [4.78, 5) is 2.51. The van der Waals surface area contributed by atoms with Gasteiger partial charge in [-0.25, -0.2) is 0 Å². The van der Waals surface area contributed by atoms with Crippen molar-refractivity contribution in [3.63, 3.8) is 0 Å². The zero-order valence-corrected chi connectivity index (χ0v) is 7.53. The molecular weight excluding hydrogens is 160 g/mol. The highest BCUT2D eigenvalue weighted by atomic mass is 15.3. The molecule has 2 bridgehead atoms. The molecule has 1 radical (unpaired) electrons. The average Bonchev–Trinajstić information content (AvgIpc) is 2.80. The monoisotopic (exact) mass is 173 g/mol. The van der Waals surface area contributed by atoms with Gasteiger partial charge in [0.25, 0.3) is 0 Å². The Kier molecular flexibility index (Phi) is 1.56. The highest BCUT2D eigenvalue weighted by molar-refractivity contribution is 5.49. The highest BCUT2D eigenvalue weighted by Gasteiger charge is 2.37. The smallest absolute Gasteiger partial charge is 0.0430 e. The Balaban J connectivity index is 1.87. The van der Waals surface area contributed by atoms with Crippen molar-refractivity contribution in [2.24, 2.45) is 0 Å². The fraction of sp³-hybridized carbons (Fsp3) is 0.455. The lowest BCUT2D eigenvalue weighted by molar-refractivity contribution is 0.580. The Bertz CT molecular complexity index is 296. The predicted octanol–water partition coefficient (Wildman–Crippen LogP) is 1.04. The Morgan fingerprint density at radius 3 is 2.85 bits per heavy atom. The van der Waals surface area contributed by atoms with Crippen molar-refractivity contribution in [1.29, 1.82) is 0 Å². The van der Waals surface area contributed by atoms with Crippen molar-refractivity contribution in [1.82, 2.24) is 5.32 Å². The van der Waals surface area contributed by atoms with Crippen LogP contribution in [-0.2, 0) is 0 Å². The molecule has 2 heterocycles. The average molecular weight is 173 g/mol. The van der Waals surface area contributed by atoms with Crippen LogP contribution in [0.4, 0.5) is 5.69 Å². The minimum atomic E-state index is 0.729. The number of piperazine rings is 1. The quantitative estimate of drug-likeness (QED) is 0.682. The molecule has 2 nitrogen and oxygen atoms in total. The van der Waals surface area contributed by atoms with Gasteiger partial charge in [-0.05, 0) is 24.6 Å². The van der Waals surface area contributed by atoms with E-state index in [1.165, 1.54) is 18.7 Å². The molecule has 1 aromatic rings. The molecule has 67 valence electrons. The van der Waals surface area contributed by atoms with Gasteiger partial charge in [-0.15, -0.1) is 0 Å². The first-order chi connectivity index (χ1) is 6.43. The van der Waals surface area contributed by atoms with E-state index < -0.39 is 0 Å². The summed E-state index contributed by atoms with van der Waals surface area (Å²) in [6.07, 6.45) is 1.32. The first-order valence-corrected chi connectivity index (χ1v) is 4.89. The molecule has 0 aliphatic carbocycles. The normalized spacial score (nSPS) is 31.2. The van der Waals surface area contributed by atoms with Gasteiger partial charge in [-0.1, -0.05) is 12.1 Å². The number of nitrogens with zero attached hydrogens (tertiary/aromatic N) is 1. The topological polar surface area (TPSA) is 15.3 Å². The first kappa shape index (κ1) is 7.39. The van der Waals surface area contributed by atoms with E-state index >= 15 is 0 Å². The van der Waals surface area contributed by atoms with Crippen molar-refractivity contribution in [3.05, 3.63) is 30.3 Å². The van der Waals surface area contributed by atoms with Gasteiger partial charge in [-0.3, -0.25) is 0 Å². The molecule has 3 rings (SSSR count). The van der Waals surface area contributed by atoms with Crippen LogP contribution in [0.2, 0.25) is 0 Å². The van der Waals surface area contributed by atoms with Gasteiger partial charge in [0.05, 0.1) is 0 Å². The maximum absolute atomic E-state index is 3.51. The van der Waals surface area contributed by atoms with Crippen molar-refractivity contribution in [2.45, 2.75) is 18.5 Å². The summed E-state index contributed by atoms with van der Waals surface area (Å²) in [5.74, 6) is 0. The molecular formula is C11H13N2. The zero-order valence-electron chi connectivity index (χ0n) is 7.53. The summed E-state index contributed by atoms with van der Waals surface area (Å²) < 4.78 is 0. The SMILES string of the molecule is [c]1ccc(N2CC3CC2CN3)cc1. The second-order valence-electron chi connectivity index (χ2n) is 3.91. The molecule has 2 unspecified atom stereocenters. The summed E-state index contributed by atoms with van der Waals surface area (Å²) in [5.41, 5.74) is 1.35. The van der Waals surface area contributed by atoms with E-state index in [1.54, 1.807) is 0 Å². The molecule has 2 aliphatic heterocycles. The summed E-state index contributed by atoms with van der Waals surface area (Å²) in [7, 11) is 0. The number of hydrogen-bond acceptors (Lipinski definition) is 2. The molecule has 0 spiro atoms. The number of nitrogens with one attached hydrogen (secondary N) is 1. The minimum Gasteiger partial charge on any atom is -0.366 e. The molecule has 2 fully saturated rings. The summed E-state index contributed by atoms with van der Waals surface area (Å²) in [6.45, 7) is 2.33. The van der Waals surface area contributed by atoms with Crippen LogP contribution >= 0.6 is 0 Å². The van der Waals surface area contributed by atoms with Gasteiger partial charge >= 0.3 is 0 Å². The number of anilines is 1. The van der Waals surface area contributed by atoms with E-state index in [2.05, 4.69) is 28.4 Å². The van der Waals surface area contributed by atoms with Crippen LogP contribution in [0.25, 0.3) is 0 Å². The second kappa shape index (κ2) is 2.74. The standard InChI is InChI=1S/C11H13N2/c1-2-4-10(5-3-1)13-8-9-6-11(13)7-12-9/h2-5,9,11-12H,6-8H2. The fourth-order valence-electron chi connectivity index (χ4n) is 2.45. The van der Waals surface area contributed by atoms with Gasteiger partial charge in [0.15, 0.2) is 0 Å². The lowest BCUT2D eigenvalue weighted by Gasteiger charge is -2.29. The molecule has 1 N–H and O–H groups in total. The molecule has 2 aliphatic rings. The first-order valence-electron chi connectivity index (χ1n) is 4.89. The summed E-state index contributed by atoms with van der Waals surface area (Å²) >= 11 is 0. The maximum atomic E-state index is 3.51. The van der Waals surface area contributed by atoms with Crippen LogP contribution in [0, 0.1) is 6.07 Å². The second-order valence-corrected chi connectivity index (χ2v) is 3.91. The molecule has 0 aromatic heterocycles. The number of fused-ring (bicyclic) bond motifs is 2. The molecule has 0 saturated carbocycles. The molecule has 2 heteroatoms. The Morgan fingerprint density at radius 1 is 1.38 bits per heavy atom. The van der Waals surface area contributed by atoms with E-state index in [0.717, 1.165) is 18.6 Å². The Labute approximate surface area is 78.6 Å². The molecule has 2 atom stereocenters. The summed E-state index contributed by atoms with van der Waals surface area (Å²) in [5, 5.41) is 3.51. The van der Waals surface area contributed by atoms with Crippen LogP contribution in [-0.4, -0.2) is 25.2 Å². The summed E-state index contributed by atoms with van der Waals surface area (Å²) in [6, 6.07) is 12.8. The van der Waals surface area contributed by atoms with Gasteiger partial charge in [0.2, 0.25) is 0 Å². The number of hydrogen-bond donors (Lipinski definition) is 1. The molecule has 0 amide bonds. The lowest BCUT2D eigenvalue weighted by Crippen LogP contribution is -2.43. The lowest BCUT2D eigenvalue weighted by atomic mass is 10.2. The van der Waals surface area contributed by atoms with Crippen molar-refractivity contribution in [2.75, 3.05) is 18.0 Å². The van der Waals surface area contributed by atoms with Crippen LogP contribution in [0.15, 0.2) is 24.3 Å². The van der Waals surface area contributed by atoms with Gasteiger partial charge in [0, 0.05) is 30.9 Å². The Morgan fingerprint density at radius 2 is 2.23 bits per heavy atom. The third-order valence-corrected chi connectivity index (χ3v) is 3.09. The molecule has 13 heavy (non-hydrogen) atoms. The largest absolute Gasteiger partial charge is 0.366 e. The van der Waals surface area contributed by atoms with Gasteiger partial charge in [-0.2, -0.15) is 0 Å². The van der Waals surface area contributed by atoms with Gasteiger partial charge in [0.1, 0.15) is 0 Å². The van der Waals surface area contributed by atoms with E-state index in [0.29, 0.717) is 0 Å². The van der Waals surface area contributed by atoms with Crippen molar-refractivity contribution < 1.29 is 0 Å². The van der Waals surface area contributed by atoms with Crippen LogP contribution in [0.3, 0.4) is 0 Å². The van der Waals surface area contributed by atoms with Crippen LogP contribution in [0.5, 0.6) is 0 Å². The zero-order chi connectivity index (χ0) is 8.67. The van der Waals surface area contributed by atoms with Crippen molar-refractivity contribution >= 4 is 5.69 Å². The third-order valence-electron chi connectivity index (χ3n) is 3.09. The number of rotatable bonds is 1. The maximum Gasteiger partial charge on any atom is 0.0430 e. The van der Waals surface area contributed by atoms with Crippen molar-refractivity contribution in [3.8, 4) is 0 Å². The van der Waals surface area contributed by atoms with E-state index in [-0.39, 0.29) is 0 Å². The van der Waals surface area contributed by atoms with E-state index in [4.69, 9.17) is 0 Å². The minimum absolute atomic E-state index is 0.729. The van der Waals surface area contributed by atoms with Crippen LogP contribution < -0.4 is 10.2 Å². The predicted molar refractivity (Wildman–Crippen MR) is 52.8 cm³/mol. The third kappa shape index (κ3) is 1.13. The van der Waals surface area contributed by atoms with Crippen LogP contribution in [0.1, 0.15) is 6.42 Å². The Hall–Kier alpha value is -1.02. The fourth-order valence-corrected chi connectivity index (χ4v) is 2.45. The molecule has 1 aromatic carbocycles. The van der Waals surface area contributed by atoms with Gasteiger partial charge < -0.3 is 10.2 Å². The van der Waals surface area contributed by atoms with E-state index in [9.17, 15) is 0 Å². The van der Waals surface area contributed by atoms with E-state index in [1.807, 2.05) is 12.1 Å². The highest BCUT2D eigenvalue weighted by Crippen LogP contribution is 2.28.